The molecule has 0 aromatic carbocycles. The van der Waals surface area contributed by atoms with Crippen molar-refractivity contribution in [1.29, 1.82) is 0 Å². The summed E-state index contributed by atoms with van der Waals surface area (Å²) in [4.78, 5) is 12.2. The molecule has 0 amide bonds. The van der Waals surface area contributed by atoms with Crippen molar-refractivity contribution < 1.29 is 4.79 Å². The van der Waals surface area contributed by atoms with Crippen molar-refractivity contribution >= 4 is 29.8 Å². The summed E-state index contributed by atoms with van der Waals surface area (Å²) in [5.41, 5.74) is -0.00981. The fourth-order valence-corrected chi connectivity index (χ4v) is 2.83. The van der Waals surface area contributed by atoms with Crippen molar-refractivity contribution in [3.63, 3.8) is 0 Å². The van der Waals surface area contributed by atoms with E-state index in [9.17, 15) is 4.79 Å². The highest BCUT2D eigenvalue weighted by atomic mass is 35.5. The standard InChI is InChI=1S/C13H24ClNO.ClH/c1-9(15-13(2,3)4)12(16)10-6-5-7-11(14)8-10;/h9-11,15H,5-8H2,1-4H3;1H. The first-order valence-electron chi connectivity index (χ1n) is 6.25. The monoisotopic (exact) mass is 281 g/mol. The third kappa shape index (κ3) is 6.08. The molecule has 0 aromatic heterocycles. The van der Waals surface area contributed by atoms with Crippen LogP contribution in [0.15, 0.2) is 0 Å². The lowest BCUT2D eigenvalue weighted by Crippen LogP contribution is -2.48. The molecule has 0 spiro atoms. The number of rotatable bonds is 3. The summed E-state index contributed by atoms with van der Waals surface area (Å²) in [6.07, 6.45) is 4.02. The molecule has 1 saturated carbocycles. The minimum absolute atomic E-state index is 0. The average Bonchev–Trinajstić information content (AvgIpc) is 2.14. The van der Waals surface area contributed by atoms with Crippen molar-refractivity contribution in [3.05, 3.63) is 0 Å². The number of hydrogen-bond donors (Lipinski definition) is 1. The molecule has 3 unspecified atom stereocenters. The highest BCUT2D eigenvalue weighted by Crippen LogP contribution is 2.29. The second kappa shape index (κ2) is 6.96. The number of halogens is 2. The molecule has 4 heteroatoms. The van der Waals surface area contributed by atoms with Gasteiger partial charge in [-0.25, -0.2) is 0 Å². The Hall–Kier alpha value is 0.210. The molecule has 0 aromatic rings. The van der Waals surface area contributed by atoms with Crippen LogP contribution >= 0.6 is 24.0 Å². The molecule has 0 aliphatic heterocycles. The smallest absolute Gasteiger partial charge is 0.152 e. The zero-order valence-electron chi connectivity index (χ0n) is 11.3. The zero-order chi connectivity index (χ0) is 12.3. The molecule has 1 rings (SSSR count). The molecule has 1 N–H and O–H groups in total. The molecule has 1 fully saturated rings. The van der Waals surface area contributed by atoms with Gasteiger partial charge in [0.2, 0.25) is 0 Å². The quantitative estimate of drug-likeness (QED) is 0.802. The predicted octanol–water partition coefficient (Wildman–Crippen LogP) is 3.55. The van der Waals surface area contributed by atoms with E-state index >= 15 is 0 Å². The summed E-state index contributed by atoms with van der Waals surface area (Å²) in [5.74, 6) is 0.501. The molecular formula is C13H25Cl2NO. The van der Waals surface area contributed by atoms with Gasteiger partial charge < -0.3 is 5.32 Å². The zero-order valence-corrected chi connectivity index (χ0v) is 12.8. The number of hydrogen-bond acceptors (Lipinski definition) is 2. The Balaban J connectivity index is 0.00000256. The van der Waals surface area contributed by atoms with Gasteiger partial charge in [-0.3, -0.25) is 4.79 Å². The maximum atomic E-state index is 12.2. The molecule has 3 atom stereocenters. The predicted molar refractivity (Wildman–Crippen MR) is 76.2 cm³/mol. The molecule has 0 bridgehead atoms. The summed E-state index contributed by atoms with van der Waals surface area (Å²) in [5, 5.41) is 3.54. The lowest BCUT2D eigenvalue weighted by molar-refractivity contribution is -0.125. The van der Waals surface area contributed by atoms with Crippen LogP contribution in [-0.2, 0) is 4.79 Å². The molecule has 1 aliphatic carbocycles. The first-order valence-corrected chi connectivity index (χ1v) is 6.69. The molecule has 17 heavy (non-hydrogen) atoms. The van der Waals surface area contributed by atoms with E-state index in [1.807, 2.05) is 6.92 Å². The van der Waals surface area contributed by atoms with Gasteiger partial charge >= 0.3 is 0 Å². The van der Waals surface area contributed by atoms with Crippen molar-refractivity contribution in [2.24, 2.45) is 5.92 Å². The van der Waals surface area contributed by atoms with Gasteiger partial charge in [0.15, 0.2) is 5.78 Å². The van der Waals surface area contributed by atoms with Crippen LogP contribution in [0.4, 0.5) is 0 Å². The molecule has 2 nitrogen and oxygen atoms in total. The Morgan fingerprint density at radius 2 is 1.94 bits per heavy atom. The molecule has 102 valence electrons. The summed E-state index contributed by atoms with van der Waals surface area (Å²) >= 11 is 6.12. The second-order valence-corrected chi connectivity index (χ2v) is 6.60. The third-order valence-corrected chi connectivity index (χ3v) is 3.49. The van der Waals surface area contributed by atoms with Crippen LogP contribution < -0.4 is 5.32 Å². The fraction of sp³-hybridized carbons (Fsp3) is 0.923. The maximum Gasteiger partial charge on any atom is 0.152 e. The first-order chi connectivity index (χ1) is 7.29. The van der Waals surface area contributed by atoms with Crippen molar-refractivity contribution in [2.45, 2.75) is 70.3 Å². The Morgan fingerprint density at radius 3 is 2.41 bits per heavy atom. The van der Waals surface area contributed by atoms with E-state index in [0.717, 1.165) is 25.7 Å². The first kappa shape index (κ1) is 17.2. The Kier molecular flexibility index (Phi) is 7.05. The van der Waals surface area contributed by atoms with Gasteiger partial charge in [0.25, 0.3) is 0 Å². The highest BCUT2D eigenvalue weighted by molar-refractivity contribution is 6.20. The van der Waals surface area contributed by atoms with E-state index in [2.05, 4.69) is 26.1 Å². The van der Waals surface area contributed by atoms with E-state index in [1.54, 1.807) is 0 Å². The summed E-state index contributed by atoms with van der Waals surface area (Å²) < 4.78 is 0. The number of ketones is 1. The topological polar surface area (TPSA) is 29.1 Å². The van der Waals surface area contributed by atoms with Crippen LogP contribution in [0.2, 0.25) is 0 Å². The third-order valence-electron chi connectivity index (χ3n) is 3.09. The molecule has 1 aliphatic rings. The maximum absolute atomic E-state index is 12.2. The number of Topliss-reactive ketones (excluding diaryl/α,β-unsaturated/α-hetero) is 1. The Labute approximate surface area is 116 Å². The van der Waals surface area contributed by atoms with Gasteiger partial charge in [0.05, 0.1) is 6.04 Å². The summed E-state index contributed by atoms with van der Waals surface area (Å²) in [6.45, 7) is 8.22. The molecular weight excluding hydrogens is 257 g/mol. The highest BCUT2D eigenvalue weighted by Gasteiger charge is 2.30. The van der Waals surface area contributed by atoms with E-state index in [1.165, 1.54) is 0 Å². The van der Waals surface area contributed by atoms with Gasteiger partial charge in [0.1, 0.15) is 0 Å². The van der Waals surface area contributed by atoms with E-state index < -0.39 is 0 Å². The SMILES string of the molecule is CC(NC(C)(C)C)C(=O)C1CCCC(Cl)C1.Cl. The van der Waals surface area contributed by atoms with E-state index in [-0.39, 0.29) is 35.3 Å². The van der Waals surface area contributed by atoms with Crippen LogP contribution in [0.1, 0.15) is 53.4 Å². The molecule has 0 heterocycles. The largest absolute Gasteiger partial charge is 0.303 e. The Morgan fingerprint density at radius 1 is 1.35 bits per heavy atom. The van der Waals surface area contributed by atoms with E-state index in [4.69, 9.17) is 11.6 Å². The van der Waals surface area contributed by atoms with Crippen molar-refractivity contribution in [2.75, 3.05) is 0 Å². The number of carbonyl (C=O) groups is 1. The average molecular weight is 282 g/mol. The van der Waals surface area contributed by atoms with Crippen LogP contribution in [0.5, 0.6) is 0 Å². The summed E-state index contributed by atoms with van der Waals surface area (Å²) in [6, 6.07) is -0.0630. The molecule has 0 radical (unpaired) electrons. The van der Waals surface area contributed by atoms with E-state index in [0.29, 0.717) is 5.78 Å². The number of nitrogens with one attached hydrogen (secondary N) is 1. The van der Waals surface area contributed by atoms with Gasteiger partial charge in [-0.05, 0) is 47.0 Å². The minimum Gasteiger partial charge on any atom is -0.303 e. The van der Waals surface area contributed by atoms with Crippen molar-refractivity contribution in [3.8, 4) is 0 Å². The van der Waals surface area contributed by atoms with Gasteiger partial charge in [-0.1, -0.05) is 6.42 Å². The van der Waals surface area contributed by atoms with Crippen molar-refractivity contribution in [1.82, 2.24) is 5.32 Å². The van der Waals surface area contributed by atoms with Gasteiger partial charge in [-0.2, -0.15) is 0 Å². The summed E-state index contributed by atoms with van der Waals surface area (Å²) in [7, 11) is 0. The normalized spacial score (nSPS) is 27.1. The lowest BCUT2D eigenvalue weighted by Gasteiger charge is -2.30. The van der Waals surface area contributed by atoms with Crippen LogP contribution in [0.25, 0.3) is 0 Å². The van der Waals surface area contributed by atoms with Crippen LogP contribution in [0, 0.1) is 5.92 Å². The Bertz CT molecular complexity index is 250. The van der Waals surface area contributed by atoms with Gasteiger partial charge in [0, 0.05) is 16.8 Å². The van der Waals surface area contributed by atoms with Crippen LogP contribution in [0.3, 0.4) is 0 Å². The molecule has 0 saturated heterocycles. The fourth-order valence-electron chi connectivity index (χ4n) is 2.46. The number of alkyl halides is 1. The number of carbonyl (C=O) groups excluding carboxylic acids is 1. The second-order valence-electron chi connectivity index (χ2n) is 5.98. The van der Waals surface area contributed by atoms with Crippen LogP contribution in [-0.4, -0.2) is 22.7 Å². The lowest BCUT2D eigenvalue weighted by atomic mass is 9.83. The van der Waals surface area contributed by atoms with Gasteiger partial charge in [-0.15, -0.1) is 24.0 Å². The minimum atomic E-state index is -0.0630.